The Hall–Kier alpha value is -1.55. The van der Waals surface area contributed by atoms with Crippen LogP contribution in [0.4, 0.5) is 0 Å². The highest BCUT2D eigenvalue weighted by atomic mass is 16.5. The Balaban J connectivity index is 1.57. The molecule has 4 heteroatoms. The number of ether oxygens (including phenoxy) is 1. The Labute approximate surface area is 113 Å². The second-order valence-corrected chi connectivity index (χ2v) is 5.49. The van der Waals surface area contributed by atoms with Crippen LogP contribution in [0.2, 0.25) is 0 Å². The summed E-state index contributed by atoms with van der Waals surface area (Å²) in [6, 6.07) is 8.13. The number of hydrogen-bond donors (Lipinski definition) is 1. The second-order valence-electron chi connectivity index (χ2n) is 5.49. The Morgan fingerprint density at radius 3 is 3.05 bits per heavy atom. The number of nitrogens with zero attached hydrogens (tertiary/aromatic N) is 1. The van der Waals surface area contributed by atoms with Crippen LogP contribution >= 0.6 is 0 Å². The topological polar surface area (TPSA) is 49.8 Å². The third-order valence-corrected chi connectivity index (χ3v) is 4.03. The summed E-state index contributed by atoms with van der Waals surface area (Å²) in [6.07, 6.45) is 2.88. The maximum atomic E-state index is 11.1. The van der Waals surface area contributed by atoms with Gasteiger partial charge < -0.3 is 9.84 Å². The Kier molecular flexibility index (Phi) is 3.42. The highest BCUT2D eigenvalue weighted by Crippen LogP contribution is 2.29. The van der Waals surface area contributed by atoms with Crippen LogP contribution in [0, 0.1) is 5.92 Å². The summed E-state index contributed by atoms with van der Waals surface area (Å²) in [5, 5.41) is 9.10. The molecule has 1 fully saturated rings. The van der Waals surface area contributed by atoms with E-state index in [-0.39, 0.29) is 12.0 Å². The van der Waals surface area contributed by atoms with Crippen LogP contribution in [-0.2, 0) is 11.2 Å². The summed E-state index contributed by atoms with van der Waals surface area (Å²) in [6.45, 7) is 2.48. The third kappa shape index (κ3) is 2.73. The molecule has 1 N–H and O–H groups in total. The van der Waals surface area contributed by atoms with Crippen molar-refractivity contribution in [3.8, 4) is 5.75 Å². The van der Waals surface area contributed by atoms with Gasteiger partial charge in [0.2, 0.25) is 0 Å². The van der Waals surface area contributed by atoms with Crippen molar-refractivity contribution in [1.29, 1.82) is 0 Å². The van der Waals surface area contributed by atoms with Gasteiger partial charge in [-0.1, -0.05) is 18.2 Å². The standard InChI is InChI=1S/C15H19NO3/c17-15(18)12-5-3-7-16(9-12)10-13-8-11-4-1-2-6-14(11)19-13/h1-2,4,6,12-13H,3,5,7-10H2,(H,17,18). The summed E-state index contributed by atoms with van der Waals surface area (Å²) in [5.74, 6) is 0.108. The first kappa shape index (κ1) is 12.5. The van der Waals surface area contributed by atoms with Crippen molar-refractivity contribution < 1.29 is 14.6 Å². The zero-order valence-corrected chi connectivity index (χ0v) is 10.9. The molecule has 2 atom stereocenters. The van der Waals surface area contributed by atoms with Crippen molar-refractivity contribution in [2.45, 2.75) is 25.4 Å². The third-order valence-electron chi connectivity index (χ3n) is 4.03. The molecule has 0 spiro atoms. The normalized spacial score (nSPS) is 26.7. The highest BCUT2D eigenvalue weighted by Gasteiger charge is 2.29. The van der Waals surface area contributed by atoms with Crippen molar-refractivity contribution in [3.05, 3.63) is 29.8 Å². The van der Waals surface area contributed by atoms with Gasteiger partial charge in [0.25, 0.3) is 0 Å². The van der Waals surface area contributed by atoms with Crippen LogP contribution in [0.1, 0.15) is 18.4 Å². The van der Waals surface area contributed by atoms with Gasteiger partial charge in [0.05, 0.1) is 5.92 Å². The largest absolute Gasteiger partial charge is 0.488 e. The average molecular weight is 261 g/mol. The molecule has 0 bridgehead atoms. The Morgan fingerprint density at radius 2 is 2.26 bits per heavy atom. The molecule has 3 rings (SSSR count). The van der Waals surface area contributed by atoms with Gasteiger partial charge >= 0.3 is 5.97 Å². The number of para-hydroxylation sites is 1. The molecule has 0 saturated carbocycles. The van der Waals surface area contributed by atoms with E-state index in [0.29, 0.717) is 6.54 Å². The van der Waals surface area contributed by atoms with E-state index in [4.69, 9.17) is 9.84 Å². The number of carboxylic acids is 1. The predicted molar refractivity (Wildman–Crippen MR) is 71.4 cm³/mol. The van der Waals surface area contributed by atoms with Gasteiger partial charge in [0.15, 0.2) is 0 Å². The zero-order valence-electron chi connectivity index (χ0n) is 10.9. The second kappa shape index (κ2) is 5.21. The lowest BCUT2D eigenvalue weighted by Gasteiger charge is -2.32. The molecule has 19 heavy (non-hydrogen) atoms. The maximum Gasteiger partial charge on any atom is 0.307 e. The first-order valence-corrected chi connectivity index (χ1v) is 6.92. The van der Waals surface area contributed by atoms with Crippen molar-refractivity contribution >= 4 is 5.97 Å². The molecule has 4 nitrogen and oxygen atoms in total. The van der Waals surface area contributed by atoms with Gasteiger partial charge in [-0.15, -0.1) is 0 Å². The van der Waals surface area contributed by atoms with Gasteiger partial charge in [0, 0.05) is 19.5 Å². The fourth-order valence-corrected chi connectivity index (χ4v) is 3.07. The molecule has 1 saturated heterocycles. The van der Waals surface area contributed by atoms with Gasteiger partial charge in [0.1, 0.15) is 11.9 Å². The summed E-state index contributed by atoms with van der Waals surface area (Å²) in [4.78, 5) is 13.3. The highest BCUT2D eigenvalue weighted by molar-refractivity contribution is 5.70. The minimum absolute atomic E-state index is 0.171. The molecule has 2 aliphatic rings. The van der Waals surface area contributed by atoms with Crippen LogP contribution in [0.15, 0.2) is 24.3 Å². The lowest BCUT2D eigenvalue weighted by atomic mass is 9.98. The maximum absolute atomic E-state index is 11.1. The van der Waals surface area contributed by atoms with Crippen molar-refractivity contribution in [1.82, 2.24) is 4.90 Å². The van der Waals surface area contributed by atoms with Crippen LogP contribution < -0.4 is 4.74 Å². The number of fused-ring (bicyclic) bond motifs is 1. The molecule has 2 unspecified atom stereocenters. The monoisotopic (exact) mass is 261 g/mol. The van der Waals surface area contributed by atoms with E-state index in [1.807, 2.05) is 18.2 Å². The molecular weight excluding hydrogens is 242 g/mol. The molecule has 0 aliphatic carbocycles. The minimum Gasteiger partial charge on any atom is -0.488 e. The SMILES string of the molecule is O=C(O)C1CCCN(CC2Cc3ccccc3O2)C1. The number of benzene rings is 1. The van der Waals surface area contributed by atoms with Gasteiger partial charge in [-0.2, -0.15) is 0 Å². The number of rotatable bonds is 3. The van der Waals surface area contributed by atoms with Crippen molar-refractivity contribution in [3.63, 3.8) is 0 Å². The minimum atomic E-state index is -0.666. The van der Waals surface area contributed by atoms with Crippen LogP contribution in [-0.4, -0.2) is 41.7 Å². The molecule has 102 valence electrons. The predicted octanol–water partition coefficient (Wildman–Crippen LogP) is 1.79. The summed E-state index contributed by atoms with van der Waals surface area (Å²) in [7, 11) is 0. The molecule has 1 aromatic rings. The zero-order chi connectivity index (χ0) is 13.2. The molecule has 0 radical (unpaired) electrons. The number of likely N-dealkylation sites (tertiary alicyclic amines) is 1. The van der Waals surface area contributed by atoms with Crippen molar-refractivity contribution in [2.24, 2.45) is 5.92 Å². The number of aliphatic carboxylic acids is 1. The molecule has 2 aliphatic heterocycles. The van der Waals surface area contributed by atoms with E-state index in [1.54, 1.807) is 0 Å². The quantitative estimate of drug-likeness (QED) is 0.901. The summed E-state index contributed by atoms with van der Waals surface area (Å²) < 4.78 is 5.92. The van der Waals surface area contributed by atoms with Gasteiger partial charge in [-0.25, -0.2) is 0 Å². The molecule has 1 aromatic carbocycles. The first-order chi connectivity index (χ1) is 9.22. The van der Waals surface area contributed by atoms with E-state index in [9.17, 15) is 4.79 Å². The van der Waals surface area contributed by atoms with Gasteiger partial charge in [-0.3, -0.25) is 9.69 Å². The van der Waals surface area contributed by atoms with Crippen LogP contribution in [0.25, 0.3) is 0 Å². The number of carboxylic acid groups (broad SMARTS) is 1. The Bertz CT molecular complexity index is 449. The van der Waals surface area contributed by atoms with E-state index in [0.717, 1.165) is 38.1 Å². The Morgan fingerprint density at radius 1 is 1.42 bits per heavy atom. The fraction of sp³-hybridized carbons (Fsp3) is 0.533. The summed E-state index contributed by atoms with van der Waals surface area (Å²) in [5.41, 5.74) is 1.26. The number of carbonyl (C=O) groups is 1. The molecule has 0 aromatic heterocycles. The van der Waals surface area contributed by atoms with E-state index in [1.165, 1.54) is 5.56 Å². The number of piperidine rings is 1. The van der Waals surface area contributed by atoms with Crippen molar-refractivity contribution in [2.75, 3.05) is 19.6 Å². The lowest BCUT2D eigenvalue weighted by molar-refractivity contribution is -0.143. The molecular formula is C15H19NO3. The van der Waals surface area contributed by atoms with Crippen LogP contribution in [0.3, 0.4) is 0 Å². The van der Waals surface area contributed by atoms with E-state index in [2.05, 4.69) is 11.0 Å². The van der Waals surface area contributed by atoms with Crippen LogP contribution in [0.5, 0.6) is 5.75 Å². The first-order valence-electron chi connectivity index (χ1n) is 6.92. The molecule has 2 heterocycles. The van der Waals surface area contributed by atoms with E-state index < -0.39 is 5.97 Å². The fourth-order valence-electron chi connectivity index (χ4n) is 3.07. The van der Waals surface area contributed by atoms with Gasteiger partial charge in [-0.05, 0) is 31.0 Å². The average Bonchev–Trinajstić information content (AvgIpc) is 2.81. The summed E-state index contributed by atoms with van der Waals surface area (Å²) >= 11 is 0. The molecule has 0 amide bonds. The lowest BCUT2D eigenvalue weighted by Crippen LogP contribution is -2.43. The smallest absolute Gasteiger partial charge is 0.307 e. The van der Waals surface area contributed by atoms with E-state index >= 15 is 0 Å². The number of hydrogen-bond acceptors (Lipinski definition) is 3.